The lowest BCUT2D eigenvalue weighted by Crippen LogP contribution is -2.60. The number of nitrogens with zero attached hydrogens (tertiary/aromatic N) is 1. The molecule has 0 saturated carbocycles. The zero-order valence-corrected chi connectivity index (χ0v) is 20.8. The van der Waals surface area contributed by atoms with Crippen molar-refractivity contribution in [2.45, 2.75) is 44.7 Å². The molecular weight excluding hydrogens is 450 g/mol. The minimum Gasteiger partial charge on any atom is -0.448 e. The molecule has 2 unspecified atom stereocenters. The number of hydrogen-bond donors (Lipinski definition) is 0. The van der Waals surface area contributed by atoms with Gasteiger partial charge in [0.25, 0.3) is 0 Å². The molecule has 3 aromatic rings. The van der Waals surface area contributed by atoms with E-state index in [9.17, 15) is 9.59 Å². The molecule has 1 aliphatic carbocycles. The van der Waals surface area contributed by atoms with Crippen molar-refractivity contribution in [1.29, 1.82) is 0 Å². The maximum Gasteiger partial charge on any atom is 0.410 e. The van der Waals surface area contributed by atoms with E-state index in [1.165, 1.54) is 22.3 Å². The number of morpholine rings is 1. The van der Waals surface area contributed by atoms with Crippen molar-refractivity contribution in [3.8, 4) is 11.1 Å². The molecule has 1 amide bonds. The zero-order chi connectivity index (χ0) is 24.8. The van der Waals surface area contributed by atoms with Crippen molar-refractivity contribution in [3.63, 3.8) is 0 Å². The van der Waals surface area contributed by atoms with Crippen molar-refractivity contribution >= 4 is 11.9 Å². The van der Waals surface area contributed by atoms with Crippen LogP contribution in [0.5, 0.6) is 0 Å². The van der Waals surface area contributed by atoms with Gasteiger partial charge in [-0.15, -0.1) is 0 Å². The highest BCUT2D eigenvalue weighted by Gasteiger charge is 2.45. The molecule has 0 spiro atoms. The first-order valence-electron chi connectivity index (χ1n) is 12.8. The van der Waals surface area contributed by atoms with Crippen molar-refractivity contribution in [3.05, 3.63) is 94.5 Å². The molecule has 0 N–H and O–H groups in total. The largest absolute Gasteiger partial charge is 0.448 e. The Labute approximate surface area is 212 Å². The normalized spacial score (nSPS) is 22.6. The Hall–Kier alpha value is -3.44. The number of hydrogen-bond acceptors (Lipinski definition) is 4. The highest BCUT2D eigenvalue weighted by atomic mass is 16.6. The number of piperidine rings is 1. The molecule has 184 valence electrons. The SMILES string of the molecule is Cc1cc(C)cc(C(=O)C2CC3COCC(C2)N3C(=O)OCC2c3ccccc3-c3ccccc32)c1. The number of benzene rings is 3. The summed E-state index contributed by atoms with van der Waals surface area (Å²) in [5.74, 6) is 0.0924. The second kappa shape index (κ2) is 9.21. The maximum atomic E-state index is 13.4. The molecule has 2 aliphatic heterocycles. The summed E-state index contributed by atoms with van der Waals surface area (Å²) in [6.45, 7) is 5.22. The van der Waals surface area contributed by atoms with E-state index < -0.39 is 0 Å². The van der Waals surface area contributed by atoms with Gasteiger partial charge in [-0.3, -0.25) is 9.69 Å². The van der Waals surface area contributed by atoms with Gasteiger partial charge < -0.3 is 9.47 Å². The summed E-state index contributed by atoms with van der Waals surface area (Å²) in [6, 6.07) is 22.4. The number of carbonyl (C=O) groups is 2. The third-order valence-electron chi connectivity index (χ3n) is 7.94. The molecule has 2 saturated heterocycles. The third kappa shape index (κ3) is 4.01. The van der Waals surface area contributed by atoms with Crippen molar-refractivity contribution in [1.82, 2.24) is 4.90 Å². The lowest BCUT2D eigenvalue weighted by molar-refractivity contribution is -0.0747. The molecule has 5 nitrogen and oxygen atoms in total. The van der Waals surface area contributed by atoms with Gasteiger partial charge in [0.05, 0.1) is 25.3 Å². The van der Waals surface area contributed by atoms with E-state index in [0.29, 0.717) is 32.7 Å². The molecule has 2 atom stereocenters. The summed E-state index contributed by atoms with van der Waals surface area (Å²) < 4.78 is 11.8. The predicted molar refractivity (Wildman–Crippen MR) is 138 cm³/mol. The third-order valence-corrected chi connectivity index (χ3v) is 7.94. The minimum atomic E-state index is -0.299. The van der Waals surface area contributed by atoms with Crippen LogP contribution in [0.15, 0.2) is 66.7 Å². The highest BCUT2D eigenvalue weighted by Crippen LogP contribution is 2.44. The summed E-state index contributed by atoms with van der Waals surface area (Å²) in [4.78, 5) is 28.6. The van der Waals surface area contributed by atoms with Crippen LogP contribution in [-0.4, -0.2) is 48.7 Å². The summed E-state index contributed by atoms with van der Waals surface area (Å²) in [6.07, 6.45) is 0.909. The molecule has 3 aromatic carbocycles. The van der Waals surface area contributed by atoms with Crippen LogP contribution in [-0.2, 0) is 9.47 Å². The number of amides is 1. The first kappa shape index (κ1) is 23.0. The fourth-order valence-electron chi connectivity index (χ4n) is 6.45. The zero-order valence-electron chi connectivity index (χ0n) is 20.8. The number of Topliss-reactive ketones (excluding diaryl/α,β-unsaturated/α-hetero) is 1. The standard InChI is InChI=1S/C31H31NO4/c1-19-11-20(2)13-21(12-19)30(33)22-14-23-16-35-17-24(15-22)32(23)31(34)36-18-29-27-9-5-3-7-25(27)26-8-4-6-10-28(26)29/h3-13,22-24,29H,14-18H2,1-2H3. The minimum absolute atomic E-state index is 0.0288. The van der Waals surface area contributed by atoms with Gasteiger partial charge in [0.1, 0.15) is 6.61 Å². The molecule has 6 rings (SSSR count). The Morgan fingerprint density at radius 3 is 2.00 bits per heavy atom. The van der Waals surface area contributed by atoms with Crippen LogP contribution in [0.25, 0.3) is 11.1 Å². The van der Waals surface area contributed by atoms with E-state index in [4.69, 9.17) is 9.47 Å². The van der Waals surface area contributed by atoms with E-state index >= 15 is 0 Å². The van der Waals surface area contributed by atoms with E-state index in [2.05, 4.69) is 42.5 Å². The molecule has 2 fully saturated rings. The van der Waals surface area contributed by atoms with Crippen LogP contribution in [0.3, 0.4) is 0 Å². The first-order chi connectivity index (χ1) is 17.5. The lowest BCUT2D eigenvalue weighted by atomic mass is 9.80. The van der Waals surface area contributed by atoms with Gasteiger partial charge >= 0.3 is 6.09 Å². The molecule has 2 bridgehead atoms. The van der Waals surface area contributed by atoms with Crippen LogP contribution in [0.2, 0.25) is 0 Å². The van der Waals surface area contributed by atoms with Gasteiger partial charge in [-0.1, -0.05) is 65.7 Å². The summed E-state index contributed by atoms with van der Waals surface area (Å²) in [5.41, 5.74) is 7.79. The summed E-state index contributed by atoms with van der Waals surface area (Å²) >= 11 is 0. The highest BCUT2D eigenvalue weighted by molar-refractivity contribution is 5.98. The monoisotopic (exact) mass is 481 g/mol. The van der Waals surface area contributed by atoms with Crippen LogP contribution in [0.1, 0.15) is 51.4 Å². The fraction of sp³-hybridized carbons (Fsp3) is 0.355. The summed E-state index contributed by atoms with van der Waals surface area (Å²) in [5, 5.41) is 0. The van der Waals surface area contributed by atoms with E-state index in [-0.39, 0.29) is 35.8 Å². The molecule has 0 radical (unpaired) electrons. The van der Waals surface area contributed by atoms with Crippen LogP contribution >= 0.6 is 0 Å². The number of aryl methyl sites for hydroxylation is 2. The number of carbonyl (C=O) groups excluding carboxylic acids is 2. The molecule has 36 heavy (non-hydrogen) atoms. The fourth-order valence-corrected chi connectivity index (χ4v) is 6.45. The van der Waals surface area contributed by atoms with Gasteiger partial charge in [-0.05, 0) is 61.1 Å². The number of fused-ring (bicyclic) bond motifs is 5. The number of ether oxygens (including phenoxy) is 2. The lowest BCUT2D eigenvalue weighted by Gasteiger charge is -2.47. The van der Waals surface area contributed by atoms with Gasteiger partial charge in [-0.25, -0.2) is 4.79 Å². The Bertz CT molecular complexity index is 1250. The van der Waals surface area contributed by atoms with Gasteiger partial charge in [-0.2, -0.15) is 0 Å². The first-order valence-corrected chi connectivity index (χ1v) is 12.8. The quantitative estimate of drug-likeness (QED) is 0.435. The Balaban J connectivity index is 1.17. The van der Waals surface area contributed by atoms with Gasteiger partial charge in [0.2, 0.25) is 0 Å². The average molecular weight is 482 g/mol. The van der Waals surface area contributed by atoms with E-state index in [1.54, 1.807) is 0 Å². The van der Waals surface area contributed by atoms with Crippen LogP contribution in [0.4, 0.5) is 4.79 Å². The second-order valence-electron chi connectivity index (χ2n) is 10.5. The topological polar surface area (TPSA) is 55.8 Å². The Morgan fingerprint density at radius 2 is 1.42 bits per heavy atom. The number of rotatable bonds is 4. The molecule has 3 aliphatic rings. The van der Waals surface area contributed by atoms with E-state index in [0.717, 1.165) is 16.7 Å². The molecule has 2 heterocycles. The summed E-state index contributed by atoms with van der Waals surface area (Å²) in [7, 11) is 0. The maximum absolute atomic E-state index is 13.4. The molecule has 0 aromatic heterocycles. The van der Waals surface area contributed by atoms with Gasteiger partial charge in [0, 0.05) is 17.4 Å². The van der Waals surface area contributed by atoms with Crippen LogP contribution < -0.4 is 0 Å². The number of ketones is 1. The van der Waals surface area contributed by atoms with Crippen LogP contribution in [0, 0.1) is 19.8 Å². The van der Waals surface area contributed by atoms with Crippen molar-refractivity contribution < 1.29 is 19.1 Å². The molecule has 5 heteroatoms. The van der Waals surface area contributed by atoms with Crippen molar-refractivity contribution in [2.75, 3.05) is 19.8 Å². The average Bonchev–Trinajstić information content (AvgIpc) is 3.19. The smallest absolute Gasteiger partial charge is 0.410 e. The van der Waals surface area contributed by atoms with Crippen molar-refractivity contribution in [2.24, 2.45) is 5.92 Å². The van der Waals surface area contributed by atoms with Gasteiger partial charge in [0.15, 0.2) is 5.78 Å². The predicted octanol–water partition coefficient (Wildman–Crippen LogP) is 5.91. The van der Waals surface area contributed by atoms with E-state index in [1.807, 2.05) is 43.0 Å². The molecular formula is C31H31NO4. The Morgan fingerprint density at radius 1 is 0.861 bits per heavy atom. The Kier molecular flexibility index (Phi) is 5.88. The second-order valence-corrected chi connectivity index (χ2v) is 10.5.